The van der Waals surface area contributed by atoms with Gasteiger partial charge in [-0.25, -0.2) is 13.8 Å². The summed E-state index contributed by atoms with van der Waals surface area (Å²) < 4.78 is 28.4. The van der Waals surface area contributed by atoms with E-state index in [1.165, 1.54) is 17.7 Å². The van der Waals surface area contributed by atoms with Crippen LogP contribution in [-0.2, 0) is 11.3 Å². The summed E-state index contributed by atoms with van der Waals surface area (Å²) in [6.07, 6.45) is 6.26. The lowest BCUT2D eigenvalue weighted by Gasteiger charge is -2.39. The van der Waals surface area contributed by atoms with Gasteiger partial charge >= 0.3 is 0 Å². The summed E-state index contributed by atoms with van der Waals surface area (Å²) in [5.74, 6) is -0.881. The Kier molecular flexibility index (Phi) is 7.23. The predicted octanol–water partition coefficient (Wildman–Crippen LogP) is 5.46. The number of nitrogens with zero attached hydrogens (tertiary/aromatic N) is 4. The Hall–Kier alpha value is -3.85. The summed E-state index contributed by atoms with van der Waals surface area (Å²) in [6, 6.07) is 12.8. The lowest BCUT2D eigenvalue weighted by Crippen LogP contribution is -2.53. The minimum Gasteiger partial charge on any atom is -0.355 e. The molecule has 0 saturated carbocycles. The highest BCUT2D eigenvalue weighted by atomic mass is 19.1. The molecule has 3 aromatic rings. The van der Waals surface area contributed by atoms with Gasteiger partial charge in [0, 0.05) is 42.0 Å². The Balaban J connectivity index is 1.25. The summed E-state index contributed by atoms with van der Waals surface area (Å²) in [4.78, 5) is 37.4. The zero-order chi connectivity index (χ0) is 28.7. The standard InChI is InChI=1S/C32H35F2N5O2/c1-32(2)31(41)39(19-24-16-25(33)11-12-27(24)34)28-17-23(18-35-29(28)36-32)21-7-9-22(10-8-21)30(40)38-15-5-6-26(38)20-37-13-3-4-14-37/h7-12,16-18,26H,3-6,13-15,19-20H2,1-2H3,(H,35,36)/t26-/m0/s1. The van der Waals surface area contributed by atoms with Crippen LogP contribution in [0.2, 0.25) is 0 Å². The zero-order valence-corrected chi connectivity index (χ0v) is 23.5. The van der Waals surface area contributed by atoms with Crippen LogP contribution < -0.4 is 10.2 Å². The third-order valence-electron chi connectivity index (χ3n) is 8.48. The van der Waals surface area contributed by atoms with E-state index in [9.17, 15) is 18.4 Å². The normalized spacial score (nSPS) is 20.3. The summed E-state index contributed by atoms with van der Waals surface area (Å²) in [5, 5.41) is 3.17. The number of benzene rings is 2. The van der Waals surface area contributed by atoms with Crippen LogP contribution in [-0.4, -0.2) is 64.4 Å². The molecule has 1 aromatic heterocycles. The van der Waals surface area contributed by atoms with Crippen LogP contribution in [0.4, 0.5) is 20.3 Å². The van der Waals surface area contributed by atoms with E-state index in [0.29, 0.717) is 17.1 Å². The van der Waals surface area contributed by atoms with E-state index in [0.717, 1.165) is 68.3 Å². The highest BCUT2D eigenvalue weighted by molar-refractivity contribution is 6.07. The summed E-state index contributed by atoms with van der Waals surface area (Å²) >= 11 is 0. The number of likely N-dealkylation sites (tertiary alicyclic amines) is 2. The molecule has 2 aromatic carbocycles. The number of pyridine rings is 1. The number of fused-ring (bicyclic) bond motifs is 1. The second-order valence-corrected chi connectivity index (χ2v) is 11.8. The lowest BCUT2D eigenvalue weighted by atomic mass is 9.97. The van der Waals surface area contributed by atoms with E-state index in [4.69, 9.17) is 0 Å². The Bertz CT molecular complexity index is 1470. The Morgan fingerprint density at radius 3 is 2.51 bits per heavy atom. The average Bonchev–Trinajstić information content (AvgIpc) is 3.65. The van der Waals surface area contributed by atoms with E-state index in [-0.39, 0.29) is 30.0 Å². The number of amides is 2. The fourth-order valence-corrected chi connectivity index (χ4v) is 6.23. The first-order valence-corrected chi connectivity index (χ1v) is 14.4. The number of carbonyl (C=O) groups is 2. The largest absolute Gasteiger partial charge is 0.355 e. The molecule has 2 amide bonds. The van der Waals surface area contributed by atoms with Crippen molar-refractivity contribution in [2.45, 2.75) is 57.7 Å². The maximum Gasteiger partial charge on any atom is 0.254 e. The minimum absolute atomic E-state index is 0.0575. The van der Waals surface area contributed by atoms with Gasteiger partial charge in [0.2, 0.25) is 0 Å². The summed E-state index contributed by atoms with van der Waals surface area (Å²) in [5.41, 5.74) is 1.82. The van der Waals surface area contributed by atoms with Crippen molar-refractivity contribution in [2.75, 3.05) is 36.4 Å². The number of halogens is 2. The molecule has 3 aliphatic heterocycles. The summed E-state index contributed by atoms with van der Waals surface area (Å²) in [6.45, 7) is 7.30. The second kappa shape index (κ2) is 10.9. The summed E-state index contributed by atoms with van der Waals surface area (Å²) in [7, 11) is 0. The van der Waals surface area contributed by atoms with E-state index in [1.54, 1.807) is 20.0 Å². The molecule has 0 bridgehead atoms. The molecule has 6 rings (SSSR count). The highest BCUT2D eigenvalue weighted by Crippen LogP contribution is 2.38. The SMILES string of the molecule is CC1(C)Nc2ncc(-c3ccc(C(=O)N4CCC[C@H]4CN4CCCC4)cc3)cc2N(Cc2cc(F)ccc2F)C1=O. The molecular formula is C32H35F2N5O2. The molecule has 1 N–H and O–H groups in total. The van der Waals surface area contributed by atoms with Gasteiger partial charge in [-0.05, 0) is 94.6 Å². The number of aromatic nitrogens is 1. The molecule has 2 saturated heterocycles. The van der Waals surface area contributed by atoms with Gasteiger partial charge in [-0.2, -0.15) is 0 Å². The number of anilines is 2. The molecule has 0 unspecified atom stereocenters. The van der Waals surface area contributed by atoms with Crippen molar-refractivity contribution in [1.29, 1.82) is 0 Å². The van der Waals surface area contributed by atoms with Crippen LogP contribution in [0.3, 0.4) is 0 Å². The van der Waals surface area contributed by atoms with Crippen LogP contribution >= 0.6 is 0 Å². The van der Waals surface area contributed by atoms with Crippen molar-refractivity contribution in [2.24, 2.45) is 0 Å². The first-order valence-electron chi connectivity index (χ1n) is 14.4. The van der Waals surface area contributed by atoms with Crippen molar-refractivity contribution in [3.8, 4) is 11.1 Å². The highest BCUT2D eigenvalue weighted by Gasteiger charge is 2.40. The zero-order valence-electron chi connectivity index (χ0n) is 23.5. The number of hydrogen-bond donors (Lipinski definition) is 1. The maximum atomic E-state index is 14.5. The molecule has 3 aliphatic rings. The van der Waals surface area contributed by atoms with Crippen LogP contribution in [0.25, 0.3) is 11.1 Å². The maximum absolute atomic E-state index is 14.5. The van der Waals surface area contributed by atoms with Crippen LogP contribution in [0.1, 0.15) is 55.5 Å². The predicted molar refractivity (Wildman–Crippen MR) is 155 cm³/mol. The lowest BCUT2D eigenvalue weighted by molar-refractivity contribution is -0.122. The quantitative estimate of drug-likeness (QED) is 0.434. The van der Waals surface area contributed by atoms with Crippen molar-refractivity contribution < 1.29 is 18.4 Å². The smallest absolute Gasteiger partial charge is 0.254 e. The fraction of sp³-hybridized carbons (Fsp3) is 0.406. The van der Waals surface area contributed by atoms with Gasteiger partial charge in [-0.1, -0.05) is 12.1 Å². The van der Waals surface area contributed by atoms with Crippen LogP contribution in [0.5, 0.6) is 0 Å². The average molecular weight is 560 g/mol. The van der Waals surface area contributed by atoms with Gasteiger partial charge in [-0.15, -0.1) is 0 Å². The van der Waals surface area contributed by atoms with Crippen molar-refractivity contribution in [3.63, 3.8) is 0 Å². The number of carbonyl (C=O) groups excluding carboxylic acids is 2. The minimum atomic E-state index is -0.977. The Morgan fingerprint density at radius 2 is 1.76 bits per heavy atom. The van der Waals surface area contributed by atoms with Crippen LogP contribution in [0.15, 0.2) is 54.7 Å². The molecule has 7 nitrogen and oxygen atoms in total. The van der Waals surface area contributed by atoms with E-state index >= 15 is 0 Å². The van der Waals surface area contributed by atoms with Gasteiger partial charge in [0.05, 0.1) is 12.2 Å². The molecule has 4 heterocycles. The molecule has 214 valence electrons. The van der Waals surface area contributed by atoms with Crippen molar-refractivity contribution in [3.05, 3.63) is 77.5 Å². The van der Waals surface area contributed by atoms with Gasteiger partial charge in [0.15, 0.2) is 5.82 Å². The van der Waals surface area contributed by atoms with Crippen LogP contribution in [0, 0.1) is 11.6 Å². The monoisotopic (exact) mass is 559 g/mol. The van der Waals surface area contributed by atoms with Gasteiger partial charge in [0.25, 0.3) is 11.8 Å². The first kappa shape index (κ1) is 27.3. The Labute approximate surface area is 239 Å². The molecular weight excluding hydrogens is 524 g/mol. The molecule has 0 radical (unpaired) electrons. The third-order valence-corrected chi connectivity index (χ3v) is 8.48. The molecule has 9 heteroatoms. The molecule has 2 fully saturated rings. The van der Waals surface area contributed by atoms with Gasteiger partial charge < -0.3 is 20.0 Å². The molecule has 41 heavy (non-hydrogen) atoms. The Morgan fingerprint density at radius 1 is 1.00 bits per heavy atom. The molecule has 0 aliphatic carbocycles. The van der Waals surface area contributed by atoms with Gasteiger partial charge in [0.1, 0.15) is 17.2 Å². The van der Waals surface area contributed by atoms with E-state index in [1.807, 2.05) is 35.2 Å². The van der Waals surface area contributed by atoms with E-state index < -0.39 is 17.2 Å². The topological polar surface area (TPSA) is 68.8 Å². The third kappa shape index (κ3) is 5.43. The molecule has 0 spiro atoms. The van der Waals surface area contributed by atoms with Gasteiger partial charge in [-0.3, -0.25) is 9.59 Å². The van der Waals surface area contributed by atoms with E-state index in [2.05, 4.69) is 15.2 Å². The second-order valence-electron chi connectivity index (χ2n) is 11.8. The molecule has 1 atom stereocenters. The number of hydrogen-bond acceptors (Lipinski definition) is 5. The van der Waals surface area contributed by atoms with Crippen molar-refractivity contribution >= 4 is 23.3 Å². The van der Waals surface area contributed by atoms with Crippen molar-refractivity contribution in [1.82, 2.24) is 14.8 Å². The first-order chi connectivity index (χ1) is 19.7. The fourth-order valence-electron chi connectivity index (χ4n) is 6.23. The number of nitrogens with one attached hydrogen (secondary N) is 1. The number of rotatable bonds is 6.